The Bertz CT molecular complexity index is 852. The van der Waals surface area contributed by atoms with Gasteiger partial charge in [0.2, 0.25) is 6.10 Å². The lowest BCUT2D eigenvalue weighted by atomic mass is 9.99. The zero-order chi connectivity index (χ0) is 18.0. The van der Waals surface area contributed by atoms with Gasteiger partial charge >= 0.3 is 12.1 Å². The van der Waals surface area contributed by atoms with Gasteiger partial charge < -0.3 is 9.84 Å². The molecule has 3 nitrogen and oxygen atoms in total. The highest BCUT2D eigenvalue weighted by Crippen LogP contribution is 2.37. The molecule has 2 aromatic rings. The first-order valence-corrected chi connectivity index (χ1v) is 7.40. The topological polar surface area (TPSA) is 46.5 Å². The molecule has 25 heavy (non-hydrogen) atoms. The van der Waals surface area contributed by atoms with Crippen molar-refractivity contribution in [3.05, 3.63) is 70.8 Å². The molecule has 0 radical (unpaired) electrons. The van der Waals surface area contributed by atoms with E-state index in [1.54, 1.807) is 12.1 Å². The van der Waals surface area contributed by atoms with Gasteiger partial charge in [0.1, 0.15) is 5.75 Å². The van der Waals surface area contributed by atoms with E-state index in [-0.39, 0.29) is 5.75 Å². The zero-order valence-electron chi connectivity index (χ0n) is 12.8. The van der Waals surface area contributed by atoms with Crippen LogP contribution in [0.15, 0.2) is 54.1 Å². The van der Waals surface area contributed by atoms with Crippen LogP contribution in [0.2, 0.25) is 0 Å². The molecule has 1 heterocycles. The monoisotopic (exact) mass is 346 g/mol. The summed E-state index contributed by atoms with van der Waals surface area (Å²) in [5.74, 6) is -1.65. The molecule has 0 spiro atoms. The van der Waals surface area contributed by atoms with Crippen LogP contribution in [0.25, 0.3) is 18.2 Å². The average Bonchev–Trinajstić information content (AvgIpc) is 2.58. The van der Waals surface area contributed by atoms with E-state index in [0.29, 0.717) is 11.1 Å². The van der Waals surface area contributed by atoms with Crippen LogP contribution >= 0.6 is 0 Å². The number of hydrogen-bond acceptors (Lipinski definition) is 2. The second-order valence-electron chi connectivity index (χ2n) is 5.49. The van der Waals surface area contributed by atoms with Crippen molar-refractivity contribution >= 4 is 24.2 Å². The van der Waals surface area contributed by atoms with Crippen molar-refractivity contribution in [3.63, 3.8) is 0 Å². The Kier molecular flexibility index (Phi) is 4.35. The molecular weight excluding hydrogens is 333 g/mol. The van der Waals surface area contributed by atoms with Gasteiger partial charge in [-0.25, -0.2) is 4.79 Å². The SMILES string of the molecule is O=C(O)C1=Cc2ccc(C=Cc3ccccc3)cc2OC1C(F)(F)F. The number of hydrogen-bond donors (Lipinski definition) is 1. The van der Waals surface area contributed by atoms with Gasteiger partial charge in [0, 0.05) is 5.56 Å². The molecule has 0 aliphatic carbocycles. The number of rotatable bonds is 3. The molecule has 1 aliphatic rings. The molecule has 128 valence electrons. The van der Waals surface area contributed by atoms with Crippen molar-refractivity contribution in [3.8, 4) is 5.75 Å². The minimum Gasteiger partial charge on any atom is -0.478 e. The van der Waals surface area contributed by atoms with Crippen molar-refractivity contribution < 1.29 is 27.8 Å². The molecule has 0 aromatic heterocycles. The lowest BCUT2D eigenvalue weighted by Gasteiger charge is -2.27. The molecule has 3 rings (SSSR count). The maximum atomic E-state index is 13.1. The van der Waals surface area contributed by atoms with E-state index in [1.807, 2.05) is 36.4 Å². The molecule has 6 heteroatoms. The molecular formula is C19H13F3O3. The smallest absolute Gasteiger partial charge is 0.430 e. The van der Waals surface area contributed by atoms with Crippen LogP contribution in [-0.2, 0) is 4.79 Å². The molecule has 1 aliphatic heterocycles. The highest BCUT2D eigenvalue weighted by Gasteiger charge is 2.48. The van der Waals surface area contributed by atoms with Crippen LogP contribution in [0.3, 0.4) is 0 Å². The number of alkyl halides is 3. The second-order valence-corrected chi connectivity index (χ2v) is 5.49. The Balaban J connectivity index is 1.93. The van der Waals surface area contributed by atoms with Crippen LogP contribution in [0.5, 0.6) is 5.75 Å². The Labute approximate surface area is 141 Å². The summed E-state index contributed by atoms with van der Waals surface area (Å²) < 4.78 is 44.2. The molecule has 1 unspecified atom stereocenters. The van der Waals surface area contributed by atoms with Crippen LogP contribution in [0, 0.1) is 0 Å². The van der Waals surface area contributed by atoms with Gasteiger partial charge in [-0.2, -0.15) is 13.2 Å². The number of carboxylic acids is 1. The van der Waals surface area contributed by atoms with Gasteiger partial charge in [0.15, 0.2) is 0 Å². The molecule has 1 N–H and O–H groups in total. The van der Waals surface area contributed by atoms with Gasteiger partial charge in [-0.15, -0.1) is 0 Å². The predicted octanol–water partition coefficient (Wildman–Crippen LogP) is 4.65. The fraction of sp³-hybridized carbons (Fsp3) is 0.105. The zero-order valence-corrected chi connectivity index (χ0v) is 12.8. The first-order valence-electron chi connectivity index (χ1n) is 7.40. The standard InChI is InChI=1S/C19H13F3O3/c20-19(21,22)17-15(18(23)24)11-14-9-8-13(10-16(14)25-17)7-6-12-4-2-1-3-5-12/h1-11,17H,(H,23,24). The van der Waals surface area contributed by atoms with E-state index < -0.39 is 23.8 Å². The Morgan fingerprint density at radius 1 is 1.04 bits per heavy atom. The van der Waals surface area contributed by atoms with Gasteiger partial charge in [0.05, 0.1) is 5.57 Å². The van der Waals surface area contributed by atoms with Crippen LogP contribution in [0.1, 0.15) is 16.7 Å². The fourth-order valence-corrected chi connectivity index (χ4v) is 2.48. The van der Waals surface area contributed by atoms with Crippen molar-refractivity contribution in [2.75, 3.05) is 0 Å². The molecule has 0 saturated heterocycles. The summed E-state index contributed by atoms with van der Waals surface area (Å²) in [5, 5.41) is 9.00. The highest BCUT2D eigenvalue weighted by molar-refractivity contribution is 5.95. The third-order valence-electron chi connectivity index (χ3n) is 3.69. The number of carbonyl (C=O) groups is 1. The van der Waals surface area contributed by atoms with E-state index in [1.165, 1.54) is 12.1 Å². The largest absolute Gasteiger partial charge is 0.478 e. The summed E-state index contributed by atoms with van der Waals surface area (Å²) >= 11 is 0. The first kappa shape index (κ1) is 16.8. The van der Waals surface area contributed by atoms with E-state index in [2.05, 4.69) is 0 Å². The normalized spacial score (nSPS) is 16.9. The minimum atomic E-state index is -4.81. The van der Waals surface area contributed by atoms with E-state index in [9.17, 15) is 18.0 Å². The van der Waals surface area contributed by atoms with Gasteiger partial charge in [-0.3, -0.25) is 0 Å². The number of benzene rings is 2. The summed E-state index contributed by atoms with van der Waals surface area (Å²) in [4.78, 5) is 11.1. The fourth-order valence-electron chi connectivity index (χ4n) is 2.48. The van der Waals surface area contributed by atoms with Crippen LogP contribution < -0.4 is 4.74 Å². The third kappa shape index (κ3) is 3.74. The van der Waals surface area contributed by atoms with E-state index in [0.717, 1.165) is 11.6 Å². The summed E-state index contributed by atoms with van der Waals surface area (Å²) in [5.41, 5.74) is 1.07. The quantitative estimate of drug-likeness (QED) is 0.823. The van der Waals surface area contributed by atoms with E-state index >= 15 is 0 Å². The second kappa shape index (κ2) is 6.47. The van der Waals surface area contributed by atoms with Crippen molar-refractivity contribution in [1.82, 2.24) is 0 Å². The Hall–Kier alpha value is -3.02. The number of fused-ring (bicyclic) bond motifs is 1. The number of carboxylic acid groups (broad SMARTS) is 1. The lowest BCUT2D eigenvalue weighted by molar-refractivity contribution is -0.187. The van der Waals surface area contributed by atoms with Crippen LogP contribution in [-0.4, -0.2) is 23.4 Å². The summed E-state index contributed by atoms with van der Waals surface area (Å²) in [6.45, 7) is 0. The lowest BCUT2D eigenvalue weighted by Crippen LogP contribution is -2.40. The number of halogens is 3. The molecule has 2 aromatic carbocycles. The molecule has 0 bridgehead atoms. The predicted molar refractivity (Wildman–Crippen MR) is 87.9 cm³/mol. The average molecular weight is 346 g/mol. The van der Waals surface area contributed by atoms with Crippen molar-refractivity contribution in [1.29, 1.82) is 0 Å². The molecule has 0 saturated carbocycles. The van der Waals surface area contributed by atoms with Gasteiger partial charge in [0.25, 0.3) is 0 Å². The Morgan fingerprint density at radius 2 is 1.72 bits per heavy atom. The maximum absolute atomic E-state index is 13.1. The first-order chi connectivity index (χ1) is 11.8. The van der Waals surface area contributed by atoms with Gasteiger partial charge in [-0.1, -0.05) is 54.6 Å². The number of aliphatic carboxylic acids is 1. The molecule has 0 amide bonds. The minimum absolute atomic E-state index is 0.00235. The molecule has 0 fully saturated rings. The maximum Gasteiger partial charge on any atom is 0.430 e. The molecule has 1 atom stereocenters. The van der Waals surface area contributed by atoms with Gasteiger partial charge in [-0.05, 0) is 23.3 Å². The van der Waals surface area contributed by atoms with Crippen molar-refractivity contribution in [2.45, 2.75) is 12.3 Å². The summed E-state index contributed by atoms with van der Waals surface area (Å²) in [6, 6.07) is 14.1. The summed E-state index contributed by atoms with van der Waals surface area (Å²) in [6.07, 6.45) is -2.71. The third-order valence-corrected chi connectivity index (χ3v) is 3.69. The Morgan fingerprint density at radius 3 is 2.36 bits per heavy atom. The summed E-state index contributed by atoms with van der Waals surface area (Å²) in [7, 11) is 0. The van der Waals surface area contributed by atoms with Crippen molar-refractivity contribution in [2.24, 2.45) is 0 Å². The highest BCUT2D eigenvalue weighted by atomic mass is 19.4. The van der Waals surface area contributed by atoms with Crippen LogP contribution in [0.4, 0.5) is 13.2 Å². The number of ether oxygens (including phenoxy) is 1. The van der Waals surface area contributed by atoms with E-state index in [4.69, 9.17) is 9.84 Å².